The molecule has 3 nitrogen and oxygen atoms in total. The number of hydrogen-bond donors (Lipinski definition) is 0. The lowest BCUT2D eigenvalue weighted by atomic mass is 9.77. The van der Waals surface area contributed by atoms with Gasteiger partial charge in [-0.25, -0.2) is 8.42 Å². The van der Waals surface area contributed by atoms with Crippen LogP contribution in [0.3, 0.4) is 0 Å². The van der Waals surface area contributed by atoms with Gasteiger partial charge in [-0.15, -0.1) is 0 Å². The van der Waals surface area contributed by atoms with Gasteiger partial charge in [0, 0.05) is 13.1 Å². The molecule has 0 radical (unpaired) electrons. The van der Waals surface area contributed by atoms with E-state index in [0.717, 1.165) is 18.7 Å². The van der Waals surface area contributed by atoms with Gasteiger partial charge in [0.1, 0.15) is 0 Å². The molecule has 0 unspecified atom stereocenters. The SMILES string of the molecule is Cc1ccc(S(=O)(=O)N2C[C@H]3CC[C@H]3C2)cc1. The van der Waals surface area contributed by atoms with Crippen molar-refractivity contribution < 1.29 is 8.42 Å². The molecule has 2 fully saturated rings. The summed E-state index contributed by atoms with van der Waals surface area (Å²) in [6, 6.07) is 7.14. The lowest BCUT2D eigenvalue weighted by Gasteiger charge is -2.27. The van der Waals surface area contributed by atoms with E-state index < -0.39 is 10.0 Å². The third-order valence-electron chi connectivity index (χ3n) is 4.11. The maximum absolute atomic E-state index is 12.4. The van der Waals surface area contributed by atoms with Crippen molar-refractivity contribution in [2.24, 2.45) is 11.8 Å². The Hall–Kier alpha value is -0.870. The summed E-state index contributed by atoms with van der Waals surface area (Å²) in [7, 11) is -3.25. The van der Waals surface area contributed by atoms with Crippen LogP contribution in [0.2, 0.25) is 0 Å². The molecule has 0 bridgehead atoms. The predicted octanol–water partition coefficient (Wildman–Crippen LogP) is 2.03. The molecule has 1 aromatic rings. The Morgan fingerprint density at radius 2 is 1.59 bits per heavy atom. The van der Waals surface area contributed by atoms with Crippen LogP contribution in [0.5, 0.6) is 0 Å². The van der Waals surface area contributed by atoms with Crippen molar-refractivity contribution in [2.75, 3.05) is 13.1 Å². The molecule has 1 aromatic carbocycles. The second kappa shape index (κ2) is 3.82. The van der Waals surface area contributed by atoms with Gasteiger partial charge in [0.05, 0.1) is 4.90 Å². The highest BCUT2D eigenvalue weighted by Gasteiger charge is 2.43. The summed E-state index contributed by atoms with van der Waals surface area (Å²) in [5.41, 5.74) is 1.09. The highest BCUT2D eigenvalue weighted by atomic mass is 32.2. The minimum Gasteiger partial charge on any atom is -0.207 e. The molecule has 1 aliphatic carbocycles. The fourth-order valence-electron chi connectivity index (χ4n) is 2.77. The van der Waals surface area contributed by atoms with Gasteiger partial charge in [-0.3, -0.25) is 0 Å². The van der Waals surface area contributed by atoms with E-state index in [1.807, 2.05) is 19.1 Å². The molecular formula is C13H17NO2S. The summed E-state index contributed by atoms with van der Waals surface area (Å²) in [4.78, 5) is 0.435. The third-order valence-corrected chi connectivity index (χ3v) is 5.96. The Kier molecular flexibility index (Phi) is 2.52. The molecule has 1 saturated carbocycles. The second-order valence-electron chi connectivity index (χ2n) is 5.23. The number of benzene rings is 1. The standard InChI is InChI=1S/C13H17NO2S/c1-10-2-6-13(7-3-10)17(15,16)14-8-11-4-5-12(11)9-14/h2-3,6-7,11-12H,4-5,8-9H2,1H3/t11-,12+. The number of aryl methyl sites for hydroxylation is 1. The zero-order valence-electron chi connectivity index (χ0n) is 9.96. The van der Waals surface area contributed by atoms with Gasteiger partial charge in [0.15, 0.2) is 0 Å². The lowest BCUT2D eigenvalue weighted by molar-refractivity contribution is 0.243. The summed E-state index contributed by atoms with van der Waals surface area (Å²) in [6.45, 7) is 3.41. The summed E-state index contributed by atoms with van der Waals surface area (Å²) < 4.78 is 26.4. The first-order valence-corrected chi connectivity index (χ1v) is 7.58. The van der Waals surface area contributed by atoms with E-state index in [2.05, 4.69) is 0 Å². The number of rotatable bonds is 2. The number of hydrogen-bond acceptors (Lipinski definition) is 2. The van der Waals surface area contributed by atoms with Gasteiger partial charge in [-0.05, 0) is 43.7 Å². The van der Waals surface area contributed by atoms with Crippen molar-refractivity contribution in [3.05, 3.63) is 29.8 Å². The van der Waals surface area contributed by atoms with E-state index in [1.54, 1.807) is 16.4 Å². The molecule has 0 aromatic heterocycles. The normalized spacial score (nSPS) is 28.8. The van der Waals surface area contributed by atoms with Gasteiger partial charge in [0.2, 0.25) is 10.0 Å². The first-order chi connectivity index (χ1) is 8.07. The van der Waals surface area contributed by atoms with Crippen LogP contribution >= 0.6 is 0 Å². The summed E-state index contributed by atoms with van der Waals surface area (Å²) >= 11 is 0. The molecule has 3 rings (SSSR count). The van der Waals surface area contributed by atoms with Crippen molar-refractivity contribution in [3.63, 3.8) is 0 Å². The lowest BCUT2D eigenvalue weighted by Crippen LogP contribution is -2.28. The maximum Gasteiger partial charge on any atom is 0.243 e. The molecule has 1 aliphatic heterocycles. The largest absolute Gasteiger partial charge is 0.243 e. The molecule has 92 valence electrons. The zero-order valence-corrected chi connectivity index (χ0v) is 10.8. The van der Waals surface area contributed by atoms with Crippen LogP contribution in [0.1, 0.15) is 18.4 Å². The molecule has 0 amide bonds. The molecule has 4 heteroatoms. The Bertz CT molecular complexity index is 509. The van der Waals surface area contributed by atoms with E-state index in [9.17, 15) is 8.42 Å². The van der Waals surface area contributed by atoms with Crippen LogP contribution in [0, 0.1) is 18.8 Å². The van der Waals surface area contributed by atoms with Gasteiger partial charge < -0.3 is 0 Å². The molecule has 0 spiro atoms. The predicted molar refractivity (Wildman–Crippen MR) is 66.2 cm³/mol. The van der Waals surface area contributed by atoms with Gasteiger partial charge >= 0.3 is 0 Å². The molecule has 2 atom stereocenters. The summed E-state index contributed by atoms with van der Waals surface area (Å²) in [6.07, 6.45) is 2.40. The van der Waals surface area contributed by atoms with Crippen LogP contribution in [0.25, 0.3) is 0 Å². The summed E-state index contributed by atoms with van der Waals surface area (Å²) in [5, 5.41) is 0. The third kappa shape index (κ3) is 1.79. The monoisotopic (exact) mass is 251 g/mol. The minimum atomic E-state index is -3.25. The highest BCUT2D eigenvalue weighted by molar-refractivity contribution is 7.89. The van der Waals surface area contributed by atoms with Crippen LogP contribution in [0.4, 0.5) is 0 Å². The first-order valence-electron chi connectivity index (χ1n) is 6.14. The maximum atomic E-state index is 12.4. The van der Waals surface area contributed by atoms with Crippen molar-refractivity contribution >= 4 is 10.0 Å². The summed E-state index contributed by atoms with van der Waals surface area (Å²) in [5.74, 6) is 1.24. The molecule has 1 heterocycles. The van der Waals surface area contributed by atoms with E-state index in [4.69, 9.17) is 0 Å². The number of fused-ring (bicyclic) bond motifs is 1. The van der Waals surface area contributed by atoms with Crippen molar-refractivity contribution in [3.8, 4) is 0 Å². The molecular weight excluding hydrogens is 234 g/mol. The first kappa shape index (κ1) is 11.2. The van der Waals surface area contributed by atoms with Crippen molar-refractivity contribution in [1.29, 1.82) is 0 Å². The smallest absolute Gasteiger partial charge is 0.207 e. The molecule has 17 heavy (non-hydrogen) atoms. The van der Waals surface area contributed by atoms with E-state index in [1.165, 1.54) is 12.8 Å². The van der Waals surface area contributed by atoms with Gasteiger partial charge in [0.25, 0.3) is 0 Å². The minimum absolute atomic E-state index is 0.435. The van der Waals surface area contributed by atoms with Crippen molar-refractivity contribution in [2.45, 2.75) is 24.7 Å². The Labute approximate surface area is 102 Å². The molecule has 2 aliphatic rings. The Morgan fingerprint density at radius 1 is 1.06 bits per heavy atom. The topological polar surface area (TPSA) is 37.4 Å². The van der Waals surface area contributed by atoms with E-state index in [-0.39, 0.29) is 0 Å². The zero-order chi connectivity index (χ0) is 12.0. The number of sulfonamides is 1. The second-order valence-corrected chi connectivity index (χ2v) is 7.17. The molecule has 0 N–H and O–H groups in total. The van der Waals surface area contributed by atoms with E-state index in [0.29, 0.717) is 16.7 Å². The van der Waals surface area contributed by atoms with Crippen LogP contribution in [-0.2, 0) is 10.0 Å². The van der Waals surface area contributed by atoms with Crippen LogP contribution in [0.15, 0.2) is 29.2 Å². The van der Waals surface area contributed by atoms with Crippen molar-refractivity contribution in [1.82, 2.24) is 4.31 Å². The Morgan fingerprint density at radius 3 is 2.06 bits per heavy atom. The van der Waals surface area contributed by atoms with E-state index >= 15 is 0 Å². The van der Waals surface area contributed by atoms with Gasteiger partial charge in [-0.1, -0.05) is 17.7 Å². The average Bonchev–Trinajstić information content (AvgIpc) is 2.56. The fourth-order valence-corrected chi connectivity index (χ4v) is 4.33. The Balaban J connectivity index is 1.88. The molecule has 1 saturated heterocycles. The van der Waals surface area contributed by atoms with Crippen LogP contribution in [-0.4, -0.2) is 25.8 Å². The highest BCUT2D eigenvalue weighted by Crippen LogP contribution is 2.42. The average molecular weight is 251 g/mol. The van der Waals surface area contributed by atoms with Gasteiger partial charge in [-0.2, -0.15) is 4.31 Å². The van der Waals surface area contributed by atoms with Crippen LogP contribution < -0.4 is 0 Å². The fraction of sp³-hybridized carbons (Fsp3) is 0.538. The quantitative estimate of drug-likeness (QED) is 0.806. The number of nitrogens with zero attached hydrogens (tertiary/aromatic N) is 1.